The van der Waals surface area contributed by atoms with Crippen LogP contribution in [0.15, 0.2) is 6.20 Å². The van der Waals surface area contributed by atoms with E-state index in [1.165, 1.54) is 11.3 Å². The Morgan fingerprint density at radius 1 is 1.45 bits per heavy atom. The fraction of sp³-hybridized carbons (Fsp3) is 0.500. The van der Waals surface area contributed by atoms with Crippen molar-refractivity contribution in [2.75, 3.05) is 7.05 Å². The first-order chi connectivity index (χ1) is 9.38. The molecule has 2 aromatic heterocycles. The number of carbonyl (C=O) groups is 1. The van der Waals surface area contributed by atoms with Gasteiger partial charge in [0.25, 0.3) is 5.91 Å². The summed E-state index contributed by atoms with van der Waals surface area (Å²) in [5, 5.41) is 1.01. The Morgan fingerprint density at radius 3 is 2.65 bits per heavy atom. The number of carbonyl (C=O) groups excluding carboxylic acids is 1. The summed E-state index contributed by atoms with van der Waals surface area (Å²) in [6.07, 6.45) is 1.77. The van der Waals surface area contributed by atoms with Gasteiger partial charge in [0.05, 0.1) is 17.2 Å². The lowest BCUT2D eigenvalue weighted by Crippen LogP contribution is -2.26. The van der Waals surface area contributed by atoms with Gasteiger partial charge < -0.3 is 9.88 Å². The van der Waals surface area contributed by atoms with E-state index in [4.69, 9.17) is 0 Å². The Morgan fingerprint density at radius 2 is 2.15 bits per heavy atom. The van der Waals surface area contributed by atoms with Crippen LogP contribution in [-0.2, 0) is 6.54 Å². The van der Waals surface area contributed by atoms with Gasteiger partial charge in [0, 0.05) is 24.9 Å². The van der Waals surface area contributed by atoms with Crippen molar-refractivity contribution < 1.29 is 4.79 Å². The Balaban J connectivity index is 2.14. The maximum atomic E-state index is 12.5. The Bertz CT molecular complexity index is 614. The van der Waals surface area contributed by atoms with Gasteiger partial charge in [0.2, 0.25) is 0 Å². The predicted octanol–water partition coefficient (Wildman–Crippen LogP) is 2.88. The second kappa shape index (κ2) is 5.75. The minimum absolute atomic E-state index is 0.000882. The maximum Gasteiger partial charge on any atom is 0.266 e. The Hall–Kier alpha value is -1.69. The summed E-state index contributed by atoms with van der Waals surface area (Å²) >= 11 is 1.49. The number of aromatic nitrogens is 3. The molecule has 5 nitrogen and oxygen atoms in total. The number of H-pyrrole nitrogens is 1. The molecule has 20 heavy (non-hydrogen) atoms. The zero-order valence-corrected chi connectivity index (χ0v) is 13.3. The second-order valence-corrected chi connectivity index (χ2v) is 6.33. The van der Waals surface area contributed by atoms with Crippen LogP contribution in [0.3, 0.4) is 0 Å². The highest BCUT2D eigenvalue weighted by Gasteiger charge is 2.20. The van der Waals surface area contributed by atoms with Crippen molar-refractivity contribution in [2.45, 2.75) is 40.2 Å². The molecule has 0 radical (unpaired) electrons. The lowest BCUT2D eigenvalue weighted by atomic mass is 10.2. The topological polar surface area (TPSA) is 61.9 Å². The molecule has 0 unspecified atom stereocenters. The molecule has 0 bridgehead atoms. The summed E-state index contributed by atoms with van der Waals surface area (Å²) in [6.45, 7) is 8.48. The molecular weight excluding hydrogens is 272 g/mol. The van der Waals surface area contributed by atoms with Crippen LogP contribution in [0, 0.1) is 13.8 Å². The first-order valence-electron chi connectivity index (χ1n) is 6.61. The molecule has 1 amide bonds. The number of nitrogens with zero attached hydrogens (tertiary/aromatic N) is 3. The third-order valence-corrected chi connectivity index (χ3v) is 4.44. The summed E-state index contributed by atoms with van der Waals surface area (Å²) in [7, 11) is 1.79. The number of aromatic amines is 1. The van der Waals surface area contributed by atoms with Crippen molar-refractivity contribution >= 4 is 17.2 Å². The molecule has 0 fully saturated rings. The SMILES string of the molecule is Cc1cnc(CN(C)C(=O)c2sc(C(C)C)nc2C)[nH]1. The molecule has 0 atom stereocenters. The number of hydrogen-bond donors (Lipinski definition) is 1. The summed E-state index contributed by atoms with van der Waals surface area (Å²) < 4.78 is 0. The monoisotopic (exact) mass is 292 g/mol. The number of aryl methyl sites for hydroxylation is 2. The summed E-state index contributed by atoms with van der Waals surface area (Å²) in [5.74, 6) is 1.14. The molecular formula is C14H20N4OS. The van der Waals surface area contributed by atoms with E-state index in [1.807, 2.05) is 13.8 Å². The number of thiazole rings is 1. The molecule has 2 rings (SSSR count). The quantitative estimate of drug-likeness (QED) is 0.942. The Labute approximate surface area is 123 Å². The van der Waals surface area contributed by atoms with Gasteiger partial charge in [-0.25, -0.2) is 9.97 Å². The van der Waals surface area contributed by atoms with Gasteiger partial charge in [0.15, 0.2) is 0 Å². The normalized spacial score (nSPS) is 11.1. The molecule has 0 aromatic carbocycles. The standard InChI is InChI=1S/C14H20N4OS/c1-8(2)13-17-10(4)12(20-13)14(19)18(5)7-11-15-6-9(3)16-11/h6,8H,7H2,1-5H3,(H,15,16). The second-order valence-electron chi connectivity index (χ2n) is 5.30. The lowest BCUT2D eigenvalue weighted by Gasteiger charge is -2.14. The molecule has 1 N–H and O–H groups in total. The number of imidazole rings is 1. The Kier molecular flexibility index (Phi) is 4.23. The van der Waals surface area contributed by atoms with Gasteiger partial charge >= 0.3 is 0 Å². The molecule has 0 aliphatic rings. The fourth-order valence-corrected chi connectivity index (χ4v) is 2.94. The van der Waals surface area contributed by atoms with E-state index in [0.717, 1.165) is 27.1 Å². The van der Waals surface area contributed by atoms with Crippen LogP contribution in [0.4, 0.5) is 0 Å². The third kappa shape index (κ3) is 3.07. The molecule has 0 aliphatic carbocycles. The van der Waals surface area contributed by atoms with Crippen LogP contribution >= 0.6 is 11.3 Å². The van der Waals surface area contributed by atoms with Crippen LogP contribution < -0.4 is 0 Å². The summed E-state index contributed by atoms with van der Waals surface area (Å²) in [5.41, 5.74) is 1.81. The lowest BCUT2D eigenvalue weighted by molar-refractivity contribution is 0.0785. The predicted molar refractivity (Wildman–Crippen MR) is 80.1 cm³/mol. The van der Waals surface area contributed by atoms with Crippen LogP contribution in [0.1, 0.15) is 51.7 Å². The molecule has 2 aromatic rings. The van der Waals surface area contributed by atoms with Crippen LogP contribution in [-0.4, -0.2) is 32.8 Å². The smallest absolute Gasteiger partial charge is 0.266 e. The number of nitrogens with one attached hydrogen (secondary N) is 1. The maximum absolute atomic E-state index is 12.5. The van der Waals surface area contributed by atoms with Crippen molar-refractivity contribution in [1.82, 2.24) is 19.9 Å². The van der Waals surface area contributed by atoms with Crippen molar-refractivity contribution in [3.8, 4) is 0 Å². The number of rotatable bonds is 4. The summed E-state index contributed by atoms with van der Waals surface area (Å²) in [4.78, 5) is 26.7. The van der Waals surface area contributed by atoms with Crippen molar-refractivity contribution in [2.24, 2.45) is 0 Å². The van der Waals surface area contributed by atoms with Gasteiger partial charge in [-0.2, -0.15) is 0 Å². The van der Waals surface area contributed by atoms with E-state index in [9.17, 15) is 4.79 Å². The zero-order chi connectivity index (χ0) is 14.9. The number of amides is 1. The average molecular weight is 292 g/mol. The van der Waals surface area contributed by atoms with Crippen molar-refractivity contribution in [3.63, 3.8) is 0 Å². The van der Waals surface area contributed by atoms with Gasteiger partial charge in [0.1, 0.15) is 10.7 Å². The van der Waals surface area contributed by atoms with Crippen LogP contribution in [0.25, 0.3) is 0 Å². The zero-order valence-electron chi connectivity index (χ0n) is 12.5. The fourth-order valence-electron chi connectivity index (χ4n) is 1.88. The molecule has 0 saturated carbocycles. The van der Waals surface area contributed by atoms with Crippen molar-refractivity contribution in [1.29, 1.82) is 0 Å². The molecule has 0 saturated heterocycles. The van der Waals surface area contributed by atoms with Crippen LogP contribution in [0.5, 0.6) is 0 Å². The van der Waals surface area contributed by atoms with E-state index >= 15 is 0 Å². The first kappa shape index (κ1) is 14.7. The molecule has 108 valence electrons. The first-order valence-corrected chi connectivity index (χ1v) is 7.43. The van der Waals surface area contributed by atoms with Crippen molar-refractivity contribution in [3.05, 3.63) is 33.3 Å². The van der Waals surface area contributed by atoms with E-state index < -0.39 is 0 Å². The van der Waals surface area contributed by atoms with Gasteiger partial charge in [-0.15, -0.1) is 11.3 Å². The van der Waals surface area contributed by atoms with Gasteiger partial charge in [-0.3, -0.25) is 4.79 Å². The third-order valence-electron chi connectivity index (χ3n) is 2.99. The van der Waals surface area contributed by atoms with E-state index in [0.29, 0.717) is 12.5 Å². The van der Waals surface area contributed by atoms with E-state index in [-0.39, 0.29) is 5.91 Å². The van der Waals surface area contributed by atoms with Crippen LogP contribution in [0.2, 0.25) is 0 Å². The highest BCUT2D eigenvalue weighted by atomic mass is 32.1. The summed E-state index contributed by atoms with van der Waals surface area (Å²) in [6, 6.07) is 0. The highest BCUT2D eigenvalue weighted by molar-refractivity contribution is 7.13. The number of hydrogen-bond acceptors (Lipinski definition) is 4. The minimum Gasteiger partial charge on any atom is -0.345 e. The molecule has 6 heteroatoms. The largest absolute Gasteiger partial charge is 0.345 e. The molecule has 0 spiro atoms. The highest BCUT2D eigenvalue weighted by Crippen LogP contribution is 2.25. The minimum atomic E-state index is 0.000882. The van der Waals surface area contributed by atoms with E-state index in [2.05, 4.69) is 28.8 Å². The van der Waals surface area contributed by atoms with Gasteiger partial charge in [-0.1, -0.05) is 13.8 Å². The molecule has 2 heterocycles. The molecule has 0 aliphatic heterocycles. The van der Waals surface area contributed by atoms with Gasteiger partial charge in [-0.05, 0) is 13.8 Å². The van der Waals surface area contributed by atoms with E-state index in [1.54, 1.807) is 18.1 Å². The average Bonchev–Trinajstić information content (AvgIpc) is 2.95.